The molecule has 1 aliphatic heterocycles. The largest absolute Gasteiger partial charge is 0.408 e. The first kappa shape index (κ1) is 22.6. The number of aromatic nitrogens is 5. The first-order valence-electron chi connectivity index (χ1n) is 10.6. The lowest BCUT2D eigenvalue weighted by Gasteiger charge is -2.25. The van der Waals surface area contributed by atoms with Crippen molar-refractivity contribution in [2.45, 2.75) is 25.4 Å². The highest BCUT2D eigenvalue weighted by molar-refractivity contribution is 5.92. The van der Waals surface area contributed by atoms with Crippen LogP contribution in [-0.4, -0.2) is 66.5 Å². The summed E-state index contributed by atoms with van der Waals surface area (Å²) < 4.78 is 69.8. The second-order valence-corrected chi connectivity index (χ2v) is 8.10. The fourth-order valence-corrected chi connectivity index (χ4v) is 4.19. The maximum atomic E-state index is 14.1. The van der Waals surface area contributed by atoms with Gasteiger partial charge in [-0.05, 0) is 19.0 Å². The van der Waals surface area contributed by atoms with Gasteiger partial charge in [0.1, 0.15) is 18.1 Å². The molecule has 2 N–H and O–H groups in total. The zero-order valence-electron chi connectivity index (χ0n) is 17.7. The van der Waals surface area contributed by atoms with E-state index in [0.29, 0.717) is 25.7 Å². The van der Waals surface area contributed by atoms with Gasteiger partial charge < -0.3 is 10.4 Å². The van der Waals surface area contributed by atoms with Crippen LogP contribution in [0.2, 0.25) is 0 Å². The predicted molar refractivity (Wildman–Crippen MR) is 112 cm³/mol. The van der Waals surface area contributed by atoms with Crippen molar-refractivity contribution in [3.63, 3.8) is 0 Å². The van der Waals surface area contributed by atoms with Crippen molar-refractivity contribution < 1.29 is 27.1 Å². The Morgan fingerprint density at radius 2 is 1.91 bits per heavy atom. The molecule has 34 heavy (non-hydrogen) atoms. The van der Waals surface area contributed by atoms with E-state index in [1.165, 1.54) is 18.5 Å². The Labute approximate surface area is 189 Å². The highest BCUT2D eigenvalue weighted by atomic mass is 19.4. The Kier molecular flexibility index (Phi) is 5.70. The summed E-state index contributed by atoms with van der Waals surface area (Å²) in [5.74, 6) is -1.79. The van der Waals surface area contributed by atoms with Crippen LogP contribution in [0.3, 0.4) is 0 Å². The fraction of sp³-hybridized carbons (Fsp3) is 0.381. The van der Waals surface area contributed by atoms with Gasteiger partial charge in [0, 0.05) is 43.5 Å². The molecule has 1 fully saturated rings. The average molecular weight is 481 g/mol. The first-order valence-corrected chi connectivity index (χ1v) is 10.6. The monoisotopic (exact) mass is 481 g/mol. The molecule has 13 heteroatoms. The fourth-order valence-electron chi connectivity index (χ4n) is 4.19. The Balaban J connectivity index is 1.64. The van der Waals surface area contributed by atoms with Gasteiger partial charge >= 0.3 is 6.18 Å². The van der Waals surface area contributed by atoms with Crippen molar-refractivity contribution in [1.82, 2.24) is 34.4 Å². The van der Waals surface area contributed by atoms with Gasteiger partial charge in [-0.3, -0.25) is 19.0 Å². The van der Waals surface area contributed by atoms with E-state index in [1.807, 2.05) is 0 Å². The van der Waals surface area contributed by atoms with Crippen molar-refractivity contribution in [2.24, 2.45) is 0 Å². The number of aliphatic hydroxyl groups is 1. The number of rotatable bonds is 4. The minimum atomic E-state index is -4.58. The summed E-state index contributed by atoms with van der Waals surface area (Å²) in [5, 5.41) is 18.4. The molecule has 0 aromatic carbocycles. The highest BCUT2D eigenvalue weighted by Crippen LogP contribution is 2.32. The number of halogens is 5. The second kappa shape index (κ2) is 8.56. The van der Waals surface area contributed by atoms with Gasteiger partial charge in [0.15, 0.2) is 17.7 Å². The number of alkyl halides is 3. The molecular formula is C21H20F5N7O. The molecular weight excluding hydrogens is 461 g/mol. The van der Waals surface area contributed by atoms with Crippen LogP contribution in [0.4, 0.5) is 22.0 Å². The standard InChI is InChI=1S/C21H20F5N7O/c22-12-6-14(23)19-29-9-17(32(19)10-12)18-13-8-28-15(20(34)31-4-1-2-27-3-5-31)7-16(13)33(30-18)11-21(24,25)26/h6-10,20,27,34H,1-5,11H2. The minimum Gasteiger partial charge on any atom is -0.372 e. The smallest absolute Gasteiger partial charge is 0.372 e. The number of hydrogen-bond acceptors (Lipinski definition) is 6. The van der Waals surface area contributed by atoms with Gasteiger partial charge in [-0.15, -0.1) is 0 Å². The number of aliphatic hydroxyl groups excluding tert-OH is 1. The van der Waals surface area contributed by atoms with E-state index < -0.39 is 30.6 Å². The molecule has 1 aliphatic rings. The van der Waals surface area contributed by atoms with Crippen LogP contribution in [0.5, 0.6) is 0 Å². The first-order chi connectivity index (χ1) is 16.2. The number of nitrogens with zero attached hydrogens (tertiary/aromatic N) is 6. The summed E-state index contributed by atoms with van der Waals surface area (Å²) in [6, 6.07) is 2.03. The summed E-state index contributed by atoms with van der Waals surface area (Å²) in [4.78, 5) is 9.99. The molecule has 0 radical (unpaired) electrons. The highest BCUT2D eigenvalue weighted by Gasteiger charge is 2.31. The predicted octanol–water partition coefficient (Wildman–Crippen LogP) is 2.87. The van der Waals surface area contributed by atoms with Crippen LogP contribution < -0.4 is 5.32 Å². The number of pyridine rings is 2. The summed E-state index contributed by atoms with van der Waals surface area (Å²) >= 11 is 0. The molecule has 8 nitrogen and oxygen atoms in total. The molecule has 1 unspecified atom stereocenters. The SMILES string of the molecule is OC(c1cc2c(cn1)c(-c1cnc3c(F)cc(F)cn13)nn2CC(F)(F)F)N1CCCNCC1. The van der Waals surface area contributed by atoms with Gasteiger partial charge in [-0.2, -0.15) is 18.3 Å². The van der Waals surface area contributed by atoms with Crippen LogP contribution in [0, 0.1) is 11.6 Å². The molecule has 0 bridgehead atoms. The molecule has 4 aromatic rings. The summed E-state index contributed by atoms with van der Waals surface area (Å²) in [6.07, 6.45) is -1.38. The van der Waals surface area contributed by atoms with Gasteiger partial charge in [-0.1, -0.05) is 0 Å². The van der Waals surface area contributed by atoms with E-state index in [4.69, 9.17) is 0 Å². The van der Waals surface area contributed by atoms with E-state index >= 15 is 0 Å². The maximum absolute atomic E-state index is 14.1. The molecule has 180 valence electrons. The summed E-state index contributed by atoms with van der Waals surface area (Å²) in [6.45, 7) is 1.22. The third-order valence-corrected chi connectivity index (χ3v) is 5.74. The minimum absolute atomic E-state index is 0.0317. The van der Waals surface area contributed by atoms with E-state index in [2.05, 4.69) is 20.4 Å². The number of fused-ring (bicyclic) bond motifs is 2. The van der Waals surface area contributed by atoms with Crippen LogP contribution >= 0.6 is 0 Å². The Hall–Kier alpha value is -3.16. The van der Waals surface area contributed by atoms with Gasteiger partial charge in [-0.25, -0.2) is 13.8 Å². The van der Waals surface area contributed by atoms with Crippen LogP contribution in [0.1, 0.15) is 18.3 Å². The van der Waals surface area contributed by atoms with E-state index in [0.717, 1.165) is 28.2 Å². The van der Waals surface area contributed by atoms with Gasteiger partial charge in [0.2, 0.25) is 0 Å². The van der Waals surface area contributed by atoms with Crippen LogP contribution in [-0.2, 0) is 6.54 Å². The van der Waals surface area contributed by atoms with Crippen molar-refractivity contribution in [1.29, 1.82) is 0 Å². The topological polar surface area (TPSA) is 83.5 Å². The number of imidazole rings is 1. The molecule has 4 aromatic heterocycles. The van der Waals surface area contributed by atoms with E-state index in [-0.39, 0.29) is 33.6 Å². The normalized spacial score (nSPS) is 16.9. The maximum Gasteiger partial charge on any atom is 0.408 e. The second-order valence-electron chi connectivity index (χ2n) is 8.10. The van der Waals surface area contributed by atoms with E-state index in [1.54, 1.807) is 4.90 Å². The zero-order chi connectivity index (χ0) is 24.0. The molecule has 0 amide bonds. The molecule has 0 spiro atoms. The molecule has 0 saturated carbocycles. The van der Waals surface area contributed by atoms with Crippen LogP contribution in [0.15, 0.2) is 30.7 Å². The van der Waals surface area contributed by atoms with Gasteiger partial charge in [0.25, 0.3) is 0 Å². The lowest BCUT2D eigenvalue weighted by atomic mass is 10.2. The third-order valence-electron chi connectivity index (χ3n) is 5.74. The Bertz CT molecular complexity index is 1340. The van der Waals surface area contributed by atoms with Crippen molar-refractivity contribution in [3.05, 3.63) is 48.1 Å². The summed E-state index contributed by atoms with van der Waals surface area (Å²) in [5.41, 5.74) is 0.206. The molecule has 5 heterocycles. The van der Waals surface area contributed by atoms with Crippen molar-refractivity contribution in [2.75, 3.05) is 26.2 Å². The van der Waals surface area contributed by atoms with Gasteiger partial charge in [0.05, 0.1) is 23.1 Å². The zero-order valence-corrected chi connectivity index (χ0v) is 17.7. The lowest BCUT2D eigenvalue weighted by Crippen LogP contribution is -2.32. The third kappa shape index (κ3) is 4.21. The van der Waals surface area contributed by atoms with Crippen LogP contribution in [0.25, 0.3) is 27.9 Å². The quantitative estimate of drug-likeness (QED) is 0.437. The molecule has 0 aliphatic carbocycles. The Morgan fingerprint density at radius 1 is 1.09 bits per heavy atom. The Morgan fingerprint density at radius 3 is 2.71 bits per heavy atom. The molecule has 1 atom stereocenters. The number of nitrogens with one attached hydrogen (secondary N) is 1. The average Bonchev–Trinajstić information content (AvgIpc) is 3.21. The summed E-state index contributed by atoms with van der Waals surface area (Å²) in [7, 11) is 0. The number of hydrogen-bond donors (Lipinski definition) is 2. The van der Waals surface area contributed by atoms with Crippen molar-refractivity contribution in [3.8, 4) is 11.4 Å². The van der Waals surface area contributed by atoms with Crippen molar-refractivity contribution >= 4 is 16.6 Å². The molecule has 5 rings (SSSR count). The lowest BCUT2D eigenvalue weighted by molar-refractivity contribution is -0.141. The van der Waals surface area contributed by atoms with E-state index in [9.17, 15) is 27.1 Å². The molecule has 1 saturated heterocycles.